The first-order chi connectivity index (χ1) is 14.6. The first kappa shape index (κ1) is 21.1. The minimum Gasteiger partial charge on any atom is -0.464 e. The van der Waals surface area contributed by atoms with E-state index in [1.165, 1.54) is 16.2 Å². The number of rotatable bonds is 7. The van der Waals surface area contributed by atoms with Crippen LogP contribution >= 0.6 is 27.3 Å². The Morgan fingerprint density at radius 3 is 2.93 bits per heavy atom. The number of anilines is 1. The maximum absolute atomic E-state index is 12.9. The monoisotopic (exact) mass is 490 g/mol. The number of hydrogen-bond acceptors (Lipinski definition) is 5. The molecule has 3 aromatic rings. The van der Waals surface area contributed by atoms with E-state index < -0.39 is 0 Å². The number of methoxy groups -OCH3 is 1. The van der Waals surface area contributed by atoms with Crippen LogP contribution in [0.4, 0.5) is 5.00 Å². The van der Waals surface area contributed by atoms with Gasteiger partial charge in [0, 0.05) is 34.0 Å². The largest absolute Gasteiger partial charge is 0.464 e. The first-order valence-electron chi connectivity index (χ1n) is 9.94. The van der Waals surface area contributed by atoms with Crippen LogP contribution in [-0.4, -0.2) is 32.1 Å². The summed E-state index contributed by atoms with van der Waals surface area (Å²) in [6.45, 7) is 0.881. The third-order valence-corrected chi connectivity index (χ3v) is 6.91. The van der Waals surface area contributed by atoms with Gasteiger partial charge in [0.25, 0.3) is 5.91 Å². The zero-order valence-corrected chi connectivity index (χ0v) is 19.1. The summed E-state index contributed by atoms with van der Waals surface area (Å²) in [5.41, 5.74) is 3.25. The number of benzene rings is 1. The van der Waals surface area contributed by atoms with Gasteiger partial charge in [-0.2, -0.15) is 0 Å². The molecule has 2 amide bonds. The van der Waals surface area contributed by atoms with Crippen molar-refractivity contribution >= 4 is 55.1 Å². The number of nitrogens with one attached hydrogen (secondary N) is 2. The molecule has 1 aliphatic carbocycles. The molecule has 8 heteroatoms. The maximum atomic E-state index is 12.9. The van der Waals surface area contributed by atoms with Gasteiger partial charge in [-0.15, -0.1) is 11.3 Å². The predicted octanol–water partition coefficient (Wildman–Crippen LogP) is 4.69. The topological polar surface area (TPSA) is 80.6 Å². The summed E-state index contributed by atoms with van der Waals surface area (Å²) < 4.78 is 11.5. The van der Waals surface area contributed by atoms with Crippen LogP contribution < -0.4 is 10.6 Å². The van der Waals surface area contributed by atoms with Gasteiger partial charge in [0.05, 0.1) is 24.9 Å². The van der Waals surface area contributed by atoms with Crippen LogP contribution in [0.15, 0.2) is 33.4 Å². The van der Waals surface area contributed by atoms with E-state index >= 15 is 0 Å². The summed E-state index contributed by atoms with van der Waals surface area (Å²) in [4.78, 5) is 26.9. The number of carbonyl (C=O) groups excluding carboxylic acids is 2. The van der Waals surface area contributed by atoms with Gasteiger partial charge in [-0.1, -0.05) is 15.9 Å². The van der Waals surface area contributed by atoms with Gasteiger partial charge in [-0.3, -0.25) is 9.59 Å². The average Bonchev–Trinajstić information content (AvgIpc) is 3.28. The fourth-order valence-electron chi connectivity index (χ4n) is 3.78. The van der Waals surface area contributed by atoms with Crippen LogP contribution in [0.1, 0.15) is 39.2 Å². The molecule has 1 aliphatic rings. The summed E-state index contributed by atoms with van der Waals surface area (Å²) >= 11 is 4.98. The highest BCUT2D eigenvalue weighted by molar-refractivity contribution is 9.10. The molecule has 6 nitrogen and oxygen atoms in total. The van der Waals surface area contributed by atoms with Crippen molar-refractivity contribution < 1.29 is 18.7 Å². The van der Waals surface area contributed by atoms with Crippen molar-refractivity contribution in [2.24, 2.45) is 0 Å². The zero-order chi connectivity index (χ0) is 21.1. The average molecular weight is 491 g/mol. The van der Waals surface area contributed by atoms with E-state index in [4.69, 9.17) is 9.15 Å². The normalized spacial score (nSPS) is 13.3. The van der Waals surface area contributed by atoms with Crippen LogP contribution in [0.25, 0.3) is 11.0 Å². The molecule has 0 radical (unpaired) electrons. The standard InChI is InChI=1S/C22H23BrN2O4S/c1-28-9-8-24-21(27)20-15-4-2-3-5-18(15)30-22(20)25-19(26)10-13-12-29-17-7-6-14(23)11-16(13)17/h6-7,11-12H,2-5,8-10H2,1H3,(H,24,27)(H,25,26). The van der Waals surface area contributed by atoms with Crippen LogP contribution in [0.5, 0.6) is 0 Å². The van der Waals surface area contributed by atoms with E-state index in [1.807, 2.05) is 18.2 Å². The molecule has 0 saturated heterocycles. The van der Waals surface area contributed by atoms with Crippen LogP contribution in [0.2, 0.25) is 0 Å². The van der Waals surface area contributed by atoms with Crippen molar-refractivity contribution in [3.63, 3.8) is 0 Å². The van der Waals surface area contributed by atoms with E-state index in [-0.39, 0.29) is 18.2 Å². The van der Waals surface area contributed by atoms with Crippen molar-refractivity contribution in [3.05, 3.63) is 50.5 Å². The molecule has 30 heavy (non-hydrogen) atoms. The number of aryl methyl sites for hydroxylation is 1. The number of fused-ring (bicyclic) bond motifs is 2. The maximum Gasteiger partial charge on any atom is 0.254 e. The molecule has 0 aliphatic heterocycles. The van der Waals surface area contributed by atoms with Crippen molar-refractivity contribution in [2.45, 2.75) is 32.1 Å². The summed E-state index contributed by atoms with van der Waals surface area (Å²) in [6.07, 6.45) is 5.79. The Bertz CT molecular complexity index is 1090. The summed E-state index contributed by atoms with van der Waals surface area (Å²) in [7, 11) is 1.60. The fraction of sp³-hybridized carbons (Fsp3) is 0.364. The number of halogens is 1. The van der Waals surface area contributed by atoms with Gasteiger partial charge < -0.3 is 19.8 Å². The minimum absolute atomic E-state index is 0.153. The second-order valence-corrected chi connectivity index (χ2v) is 9.31. The Hall–Kier alpha value is -2.16. The van der Waals surface area contributed by atoms with E-state index in [0.717, 1.165) is 52.3 Å². The molecule has 0 atom stereocenters. The lowest BCUT2D eigenvalue weighted by molar-refractivity contribution is -0.115. The fourth-order valence-corrected chi connectivity index (χ4v) is 5.45. The lowest BCUT2D eigenvalue weighted by Crippen LogP contribution is -2.28. The molecular weight excluding hydrogens is 468 g/mol. The molecule has 158 valence electrons. The molecule has 2 N–H and O–H groups in total. The summed E-state index contributed by atoms with van der Waals surface area (Å²) in [5.74, 6) is -0.318. The Morgan fingerprint density at radius 1 is 1.27 bits per heavy atom. The van der Waals surface area contributed by atoms with E-state index in [9.17, 15) is 9.59 Å². The third kappa shape index (κ3) is 4.45. The lowest BCUT2D eigenvalue weighted by atomic mass is 9.95. The Kier molecular flexibility index (Phi) is 6.55. The molecule has 4 rings (SSSR count). The van der Waals surface area contributed by atoms with E-state index in [2.05, 4.69) is 26.6 Å². The first-order valence-corrected chi connectivity index (χ1v) is 11.5. The zero-order valence-electron chi connectivity index (χ0n) is 16.7. The van der Waals surface area contributed by atoms with Crippen molar-refractivity contribution in [1.82, 2.24) is 5.32 Å². The van der Waals surface area contributed by atoms with Crippen LogP contribution in [-0.2, 0) is 28.8 Å². The second-order valence-electron chi connectivity index (χ2n) is 7.29. The molecule has 2 heterocycles. The van der Waals surface area contributed by atoms with Gasteiger partial charge in [0.1, 0.15) is 10.6 Å². The Labute approximate surface area is 187 Å². The smallest absolute Gasteiger partial charge is 0.254 e. The number of thiophene rings is 1. The molecule has 0 spiro atoms. The molecule has 1 aromatic carbocycles. The summed E-state index contributed by atoms with van der Waals surface area (Å²) in [6, 6.07) is 5.72. The molecule has 2 aromatic heterocycles. The molecule has 0 fully saturated rings. The lowest BCUT2D eigenvalue weighted by Gasteiger charge is -2.13. The van der Waals surface area contributed by atoms with Gasteiger partial charge in [0.2, 0.25) is 5.91 Å². The van der Waals surface area contributed by atoms with Crippen LogP contribution in [0.3, 0.4) is 0 Å². The van der Waals surface area contributed by atoms with E-state index in [0.29, 0.717) is 23.7 Å². The Balaban J connectivity index is 1.55. The Morgan fingerprint density at radius 2 is 2.10 bits per heavy atom. The van der Waals surface area contributed by atoms with Crippen molar-refractivity contribution in [2.75, 3.05) is 25.6 Å². The number of carbonyl (C=O) groups is 2. The number of furan rings is 1. The number of hydrogen-bond donors (Lipinski definition) is 2. The predicted molar refractivity (Wildman–Crippen MR) is 121 cm³/mol. The van der Waals surface area contributed by atoms with Gasteiger partial charge in [-0.25, -0.2) is 0 Å². The summed E-state index contributed by atoms with van der Waals surface area (Å²) in [5, 5.41) is 7.43. The quantitative estimate of drug-likeness (QED) is 0.470. The second kappa shape index (κ2) is 9.32. The molecule has 0 bridgehead atoms. The van der Waals surface area contributed by atoms with Gasteiger partial charge in [-0.05, 0) is 49.4 Å². The van der Waals surface area contributed by atoms with Crippen molar-refractivity contribution in [1.29, 1.82) is 0 Å². The molecule has 0 unspecified atom stereocenters. The molecular formula is C22H23BrN2O4S. The highest BCUT2D eigenvalue weighted by atomic mass is 79.9. The third-order valence-electron chi connectivity index (χ3n) is 5.21. The number of amides is 2. The van der Waals surface area contributed by atoms with E-state index in [1.54, 1.807) is 13.4 Å². The van der Waals surface area contributed by atoms with Crippen molar-refractivity contribution in [3.8, 4) is 0 Å². The highest BCUT2D eigenvalue weighted by Gasteiger charge is 2.26. The SMILES string of the molecule is COCCNC(=O)c1c(NC(=O)Cc2coc3ccc(Br)cc23)sc2c1CCCC2. The number of ether oxygens (including phenoxy) is 1. The molecule has 0 saturated carbocycles. The van der Waals surface area contributed by atoms with Crippen LogP contribution in [0, 0.1) is 0 Å². The van der Waals surface area contributed by atoms with Gasteiger partial charge in [0.15, 0.2) is 0 Å². The van der Waals surface area contributed by atoms with Gasteiger partial charge >= 0.3 is 0 Å². The minimum atomic E-state index is -0.165. The highest BCUT2D eigenvalue weighted by Crippen LogP contribution is 2.38.